The number of carbonyl (C=O) groups is 3. The largest absolute Gasteiger partial charge is 0.495 e. The predicted octanol–water partition coefficient (Wildman–Crippen LogP) is 10.7. The van der Waals surface area contributed by atoms with Crippen molar-refractivity contribution in [2.45, 2.75) is 44.9 Å². The Morgan fingerprint density at radius 2 is 0.783 bits per heavy atom. The van der Waals surface area contributed by atoms with Crippen LogP contribution in [0.25, 0.3) is 83.4 Å². The molecule has 0 bridgehead atoms. The summed E-state index contributed by atoms with van der Waals surface area (Å²) < 4.78 is 106. The Labute approximate surface area is 806 Å². The highest BCUT2D eigenvalue weighted by atomic mass is 35.5. The summed E-state index contributed by atoms with van der Waals surface area (Å²) in [7, 11) is 10.5. The van der Waals surface area contributed by atoms with Crippen LogP contribution in [0.2, 0.25) is 10.0 Å². The molecule has 35 nitrogen and oxygen atoms in total. The van der Waals surface area contributed by atoms with Crippen LogP contribution in [-0.4, -0.2) is 352 Å². The van der Waals surface area contributed by atoms with Crippen LogP contribution < -0.4 is 44.4 Å². The fraction of sp³-hybridized carbons (Fsp3) is 0.443. The third kappa shape index (κ3) is 22.8. The number of piperazine rings is 4. The number of benzene rings is 3. The van der Waals surface area contributed by atoms with Gasteiger partial charge in [-0.1, -0.05) is 42.9 Å². The van der Waals surface area contributed by atoms with Crippen molar-refractivity contribution in [3.63, 3.8) is 0 Å². The van der Waals surface area contributed by atoms with E-state index < -0.39 is 23.3 Å². The van der Waals surface area contributed by atoms with Gasteiger partial charge in [-0.05, 0) is 108 Å². The van der Waals surface area contributed by atoms with Crippen molar-refractivity contribution in [1.82, 2.24) is 97.3 Å². The molecule has 3 amide bonds. The molecule has 734 valence electrons. The van der Waals surface area contributed by atoms with Crippen molar-refractivity contribution >= 4 is 109 Å². The van der Waals surface area contributed by atoms with Crippen LogP contribution in [0.15, 0.2) is 112 Å². The molecule has 14 heterocycles. The lowest BCUT2D eigenvalue weighted by Crippen LogP contribution is -2.48. The van der Waals surface area contributed by atoms with Crippen molar-refractivity contribution in [1.29, 1.82) is 0 Å². The number of carbonyl (C=O) groups excluding carboxylic acids is 3. The zero-order valence-electron chi connectivity index (χ0n) is 78.7. The minimum atomic E-state index is -0.853. The van der Waals surface area contributed by atoms with Gasteiger partial charge in [-0.15, -0.1) is 0 Å². The number of methoxy groups -OCH3 is 6. The second-order valence-electron chi connectivity index (χ2n) is 34.4. The van der Waals surface area contributed by atoms with Gasteiger partial charge < -0.3 is 78.9 Å². The Hall–Kier alpha value is -12.4. The fourth-order valence-corrected chi connectivity index (χ4v) is 18.5. The molecule has 138 heavy (non-hydrogen) atoms. The summed E-state index contributed by atoms with van der Waals surface area (Å²) in [6.45, 7) is 29.9. The number of nitrogens with one attached hydrogen (secondary N) is 3. The zero-order chi connectivity index (χ0) is 97.4. The Morgan fingerprint density at radius 1 is 0.449 bits per heavy atom. The molecule has 0 aliphatic carbocycles. The van der Waals surface area contributed by atoms with Crippen molar-refractivity contribution in [3.8, 4) is 67.9 Å². The third-order valence-corrected chi connectivity index (χ3v) is 26.5. The van der Waals surface area contributed by atoms with Gasteiger partial charge in [0.25, 0.3) is 0 Å². The van der Waals surface area contributed by atoms with Gasteiger partial charge >= 0.3 is 0 Å². The average molecular weight is 1940 g/mol. The van der Waals surface area contributed by atoms with E-state index in [1.165, 1.54) is 73.0 Å². The Bertz CT molecular complexity index is 6070. The monoisotopic (exact) mass is 1940 g/mol. The molecule has 9 aromatic heterocycles. The maximum Gasteiger partial charge on any atom is 0.246 e. The van der Waals surface area contributed by atoms with Gasteiger partial charge in [0.15, 0.2) is 63.2 Å². The minimum Gasteiger partial charge on any atom is -0.495 e. The number of imidazole rings is 3. The zero-order valence-corrected chi connectivity index (χ0v) is 80.2. The standard InChI is InChI=1S/C34H43F2N9O3.C32H37F2N7O4.C31H37Cl2N7O5/c1-5-28(46)44-17-15-42(16-18-44)9-6-7-24-22-45-32-23(21-38-34(40-32)37-8-10-43-13-11-41(2)12-14-43)19-25(33(45)39-24)29-30(35)26(47-3)20-27(48-4)31(29)36;1-4-26(42)40-11-9-39(10-12-40)8-5-6-22-18-41-30-21(17-36-32(38-30)35-16-20-7-13-45-19-20)14-23(31(41)37-22)27-28(33)24(43-2)15-25(44-3)29(27)34;1-4-25(43)39-10-8-38(9-11-39)7-5-6-21-16-40-29-20(15-35-31(37-29)34-14-19(17-41)18-42)12-22(30(40)36-21)26-27(32)23(44-2)13-24(45-3)28(26)33/h5,19-22H,1,6-18H2,2-4H3,(H,37,38,40);4,14-15,17-18,20H,1,5-13,16,19H2,2-3H3,(H,35,36,38);4,12-13,15-16,19,41-42H,1,5-11,14,17-18H2,2-3H3,(H,34,35,37). The smallest absolute Gasteiger partial charge is 0.246 e. The molecule has 5 aliphatic heterocycles. The number of anilines is 3. The molecule has 41 heteroatoms. The number of ether oxygens (including phenoxy) is 7. The van der Waals surface area contributed by atoms with Gasteiger partial charge in [0.05, 0.1) is 87.5 Å². The first-order valence-electron chi connectivity index (χ1n) is 46.2. The molecular formula is C97H117Cl2F4N23O12. The Kier molecular flexibility index (Phi) is 33.6. The van der Waals surface area contributed by atoms with E-state index in [-0.39, 0.29) is 82.1 Å². The normalized spacial score (nSPS) is 15.9. The second kappa shape index (κ2) is 46.3. The van der Waals surface area contributed by atoms with Crippen LogP contribution in [0, 0.1) is 35.1 Å². The van der Waals surface area contributed by atoms with E-state index in [4.69, 9.17) is 86.3 Å². The van der Waals surface area contributed by atoms with Crippen LogP contribution >= 0.6 is 23.2 Å². The number of hydrogen-bond acceptors (Lipinski definition) is 29. The second-order valence-corrected chi connectivity index (χ2v) is 35.2. The molecule has 1 atom stereocenters. The highest BCUT2D eigenvalue weighted by Crippen LogP contribution is 2.49. The number of aliphatic hydroxyl groups excluding tert-OH is 2. The van der Waals surface area contributed by atoms with Gasteiger partial charge in [-0.25, -0.2) is 47.5 Å². The van der Waals surface area contributed by atoms with E-state index in [1.54, 1.807) is 50.5 Å². The number of hydrogen-bond donors (Lipinski definition) is 5. The quantitative estimate of drug-likeness (QED) is 0.0180. The molecule has 12 aromatic rings. The summed E-state index contributed by atoms with van der Waals surface area (Å²) in [5.41, 5.74) is 6.51. The van der Waals surface area contributed by atoms with Crippen molar-refractivity contribution in [2.24, 2.45) is 11.8 Å². The fourth-order valence-electron chi connectivity index (χ4n) is 17.8. The first-order valence-corrected chi connectivity index (χ1v) is 46.9. The molecule has 5 aliphatic rings. The van der Waals surface area contributed by atoms with Crippen LogP contribution in [0.1, 0.15) is 42.8 Å². The van der Waals surface area contributed by atoms with Gasteiger partial charge in [0.2, 0.25) is 35.6 Å². The number of rotatable bonds is 36. The van der Waals surface area contributed by atoms with Crippen molar-refractivity contribution in [3.05, 3.63) is 162 Å². The van der Waals surface area contributed by atoms with E-state index in [1.807, 2.05) is 38.9 Å². The predicted molar refractivity (Wildman–Crippen MR) is 521 cm³/mol. The molecule has 1 unspecified atom stereocenters. The molecular weight excluding hydrogens is 1830 g/mol. The minimum absolute atomic E-state index is 0.0278. The number of halogens is 6. The Morgan fingerprint density at radius 3 is 1.12 bits per heavy atom. The number of nitrogens with zero attached hydrogens (tertiary/aromatic N) is 20. The summed E-state index contributed by atoms with van der Waals surface area (Å²) in [5, 5.41) is 31.2. The molecule has 17 rings (SSSR count). The summed E-state index contributed by atoms with van der Waals surface area (Å²) in [6, 6.07) is 9.24. The first kappa shape index (κ1) is 100. The molecule has 0 spiro atoms. The highest BCUT2D eigenvalue weighted by molar-refractivity contribution is 6.41. The topological polar surface area (TPSA) is 348 Å². The molecule has 5 N–H and O–H groups in total. The number of fused-ring (bicyclic) bond motifs is 9. The summed E-state index contributed by atoms with van der Waals surface area (Å²) in [6.07, 6.45) is 20.2. The average Bonchev–Trinajstić information content (AvgIpc) is 1.59. The number of aliphatic hydroxyl groups is 2. The lowest BCUT2D eigenvalue weighted by Gasteiger charge is -2.34. The van der Waals surface area contributed by atoms with E-state index in [0.29, 0.717) is 191 Å². The van der Waals surface area contributed by atoms with Gasteiger partial charge in [0, 0.05) is 256 Å². The number of aromatic nitrogens is 12. The first-order chi connectivity index (χ1) is 67.0. The van der Waals surface area contributed by atoms with E-state index in [2.05, 4.69) is 82.2 Å². The lowest BCUT2D eigenvalue weighted by molar-refractivity contribution is -0.128. The number of amides is 3. The van der Waals surface area contributed by atoms with E-state index in [9.17, 15) is 24.6 Å². The van der Waals surface area contributed by atoms with Crippen LogP contribution in [0.4, 0.5) is 35.4 Å². The molecule has 0 radical (unpaired) electrons. The molecule has 5 saturated heterocycles. The van der Waals surface area contributed by atoms with Crippen LogP contribution in [-0.2, 0) is 38.4 Å². The summed E-state index contributed by atoms with van der Waals surface area (Å²) in [4.78, 5) is 95.6. The number of aryl methyl sites for hydroxylation is 3. The van der Waals surface area contributed by atoms with Crippen molar-refractivity contribution < 1.29 is 75.3 Å². The van der Waals surface area contributed by atoms with Gasteiger partial charge in [0.1, 0.15) is 28.4 Å². The molecule has 0 saturated carbocycles. The molecule has 3 aromatic carbocycles. The summed E-state index contributed by atoms with van der Waals surface area (Å²) >= 11 is 13.7. The number of likely N-dealkylation sites (N-methyl/N-ethyl adjacent to an activating group) is 1. The van der Waals surface area contributed by atoms with E-state index in [0.717, 1.165) is 141 Å². The maximum absolute atomic E-state index is 15.8. The van der Waals surface area contributed by atoms with E-state index >= 15 is 17.6 Å². The summed E-state index contributed by atoms with van der Waals surface area (Å²) in [5.74, 6) is -1.95. The maximum atomic E-state index is 15.8. The van der Waals surface area contributed by atoms with Gasteiger partial charge in [-0.3, -0.25) is 47.2 Å². The van der Waals surface area contributed by atoms with Gasteiger partial charge in [-0.2, -0.15) is 15.0 Å². The SMILES string of the molecule is C=CC(=O)N1CCN(CCCc2cn3c(n2)c(-c2c(Cl)c(OC)cc(OC)c2Cl)cc2cnc(NCC(CO)CO)nc23)CC1.C=CC(=O)N1CCN(CCCc2cn3c(n2)c(-c2c(F)c(OC)cc(OC)c2F)cc2cnc(NCC4CCOC4)nc23)CC1.C=CC(=O)N1CCN(CCCc2cn3c(n2)c(-c2c(F)c(OC)cc(OC)c2F)cc2cnc(NCCN4CCN(C)CC4)nc23)CC1. The van der Waals surface area contributed by atoms with Crippen LogP contribution in [0.5, 0.6) is 34.5 Å². The molecule has 5 fully saturated rings. The number of pyridine rings is 3. The third-order valence-electron chi connectivity index (χ3n) is 25.7. The lowest BCUT2D eigenvalue weighted by atomic mass is 10.0. The Balaban J connectivity index is 0.000000157. The highest BCUT2D eigenvalue weighted by Gasteiger charge is 2.32. The van der Waals surface area contributed by atoms with Crippen molar-refractivity contribution in [2.75, 3.05) is 243 Å². The van der Waals surface area contributed by atoms with Crippen LogP contribution in [0.3, 0.4) is 0 Å².